The second-order valence-electron chi connectivity index (χ2n) is 11.3. The van der Waals surface area contributed by atoms with Crippen molar-refractivity contribution < 1.29 is 31.9 Å². The van der Waals surface area contributed by atoms with E-state index in [1.807, 2.05) is 42.5 Å². The summed E-state index contributed by atoms with van der Waals surface area (Å²) < 4.78 is 56.9. The number of ketones is 1. The highest BCUT2D eigenvalue weighted by molar-refractivity contribution is 5.96. The number of halogens is 4. The van der Waals surface area contributed by atoms with Crippen LogP contribution in [0.1, 0.15) is 72.2 Å². The number of nitrogens with zero attached hydrogens (tertiary/aromatic N) is 1. The average Bonchev–Trinajstić information content (AvgIpc) is 3.00. The monoisotopic (exact) mass is 626 g/mol. The van der Waals surface area contributed by atoms with E-state index in [4.69, 9.17) is 4.74 Å². The summed E-state index contributed by atoms with van der Waals surface area (Å²) in [6, 6.07) is 14.8. The lowest BCUT2D eigenvalue weighted by molar-refractivity contribution is -0.123. The van der Waals surface area contributed by atoms with Gasteiger partial charge in [-0.3, -0.25) is 9.59 Å². The maximum Gasteiger partial charge on any atom is 0.405 e. The van der Waals surface area contributed by atoms with Crippen LogP contribution < -0.4 is 20.5 Å². The Balaban J connectivity index is 1.65. The number of hydrogen-bond donors (Lipinski definition) is 1. The molecule has 1 atom stereocenters. The van der Waals surface area contributed by atoms with Crippen LogP contribution in [0.25, 0.3) is 23.9 Å². The molecule has 0 fully saturated rings. The van der Waals surface area contributed by atoms with Gasteiger partial charge in [0.2, 0.25) is 0 Å². The minimum atomic E-state index is -4.49. The zero-order valence-corrected chi connectivity index (χ0v) is 26.4. The number of rotatable bonds is 15. The van der Waals surface area contributed by atoms with E-state index in [2.05, 4.69) is 13.5 Å². The molecule has 3 aromatic carbocycles. The summed E-state index contributed by atoms with van der Waals surface area (Å²) in [4.78, 5) is 27.6. The number of Topliss-reactive ketones (excluding diaryl/α,β-unsaturated/α-hetero) is 1. The number of alkyl halides is 3. The van der Waals surface area contributed by atoms with Gasteiger partial charge < -0.3 is 15.0 Å². The van der Waals surface area contributed by atoms with Crippen LogP contribution in [-0.4, -0.2) is 50.0 Å². The Bertz CT molecular complexity index is 1570. The number of amides is 1. The van der Waals surface area contributed by atoms with E-state index >= 15 is 0 Å². The largest absolute Gasteiger partial charge is 0.496 e. The Morgan fingerprint density at radius 3 is 2.38 bits per heavy atom. The summed E-state index contributed by atoms with van der Waals surface area (Å²) in [6.07, 6.45) is 1.80. The van der Waals surface area contributed by atoms with Crippen LogP contribution in [0.2, 0.25) is 0 Å². The Kier molecular flexibility index (Phi) is 12.8. The van der Waals surface area contributed by atoms with Crippen molar-refractivity contribution in [2.75, 3.05) is 27.2 Å². The number of nitrogens with one attached hydrogen (secondary N) is 1. The number of methoxy groups -OCH3 is 1. The van der Waals surface area contributed by atoms with Gasteiger partial charge in [0.05, 0.1) is 7.11 Å². The van der Waals surface area contributed by atoms with Crippen LogP contribution in [0.15, 0.2) is 54.6 Å². The highest BCUT2D eigenvalue weighted by Crippen LogP contribution is 2.31. The second-order valence-corrected chi connectivity index (χ2v) is 11.3. The van der Waals surface area contributed by atoms with Crippen molar-refractivity contribution in [3.63, 3.8) is 0 Å². The molecule has 0 aliphatic rings. The van der Waals surface area contributed by atoms with E-state index < -0.39 is 18.6 Å². The highest BCUT2D eigenvalue weighted by atomic mass is 19.4. The van der Waals surface area contributed by atoms with Gasteiger partial charge in [0.1, 0.15) is 18.1 Å². The molecule has 0 aliphatic heterocycles. The van der Waals surface area contributed by atoms with E-state index in [1.54, 1.807) is 24.3 Å². The van der Waals surface area contributed by atoms with Crippen molar-refractivity contribution >= 4 is 24.5 Å². The molecule has 3 rings (SSSR count). The van der Waals surface area contributed by atoms with Gasteiger partial charge in [0.15, 0.2) is 5.78 Å². The quantitative estimate of drug-likeness (QED) is 0.147. The Morgan fingerprint density at radius 1 is 1.04 bits per heavy atom. The number of benzene rings is 3. The fourth-order valence-electron chi connectivity index (χ4n) is 5.59. The van der Waals surface area contributed by atoms with Crippen LogP contribution in [0, 0.1) is 11.7 Å². The molecule has 1 N–H and O–H groups in total. The molecule has 242 valence electrons. The van der Waals surface area contributed by atoms with Gasteiger partial charge in [-0.25, -0.2) is 4.39 Å². The minimum absolute atomic E-state index is 0.0534. The Labute approximate surface area is 262 Å². The molecule has 3 aromatic rings. The molecule has 0 aromatic heterocycles. The topological polar surface area (TPSA) is 58.6 Å². The maximum atomic E-state index is 13.6. The second kappa shape index (κ2) is 16.3. The fourth-order valence-corrected chi connectivity index (χ4v) is 5.59. The number of ether oxygens (including phenoxy) is 1. The molecule has 45 heavy (non-hydrogen) atoms. The predicted octanol–water partition coefficient (Wildman–Crippen LogP) is 6.91. The normalized spacial score (nSPS) is 12.6. The van der Waals surface area contributed by atoms with E-state index in [0.29, 0.717) is 47.4 Å². The van der Waals surface area contributed by atoms with E-state index in [-0.39, 0.29) is 17.2 Å². The van der Waals surface area contributed by atoms with Gasteiger partial charge in [0.25, 0.3) is 5.91 Å². The summed E-state index contributed by atoms with van der Waals surface area (Å²) in [7, 11) is 3.42. The first-order valence-electron chi connectivity index (χ1n) is 15.2. The Morgan fingerprint density at radius 2 is 1.76 bits per heavy atom. The van der Waals surface area contributed by atoms with Gasteiger partial charge in [-0.05, 0) is 66.1 Å². The van der Waals surface area contributed by atoms with Crippen molar-refractivity contribution in [1.29, 1.82) is 0 Å². The summed E-state index contributed by atoms with van der Waals surface area (Å²) >= 11 is 0. The van der Waals surface area contributed by atoms with E-state index in [9.17, 15) is 27.2 Å². The first-order chi connectivity index (χ1) is 21.4. The van der Waals surface area contributed by atoms with Crippen molar-refractivity contribution in [1.82, 2.24) is 10.2 Å². The first kappa shape index (κ1) is 35.3. The van der Waals surface area contributed by atoms with Crippen molar-refractivity contribution in [2.45, 2.75) is 58.5 Å². The van der Waals surface area contributed by atoms with Crippen molar-refractivity contribution in [3.8, 4) is 16.9 Å². The van der Waals surface area contributed by atoms with Gasteiger partial charge >= 0.3 is 6.18 Å². The van der Waals surface area contributed by atoms with Gasteiger partial charge in [-0.15, -0.1) is 0 Å². The lowest BCUT2D eigenvalue weighted by Crippen LogP contribution is -2.38. The summed E-state index contributed by atoms with van der Waals surface area (Å²) in [5, 5.41) is 3.38. The maximum absolute atomic E-state index is 13.6. The summed E-state index contributed by atoms with van der Waals surface area (Å²) in [6.45, 7) is 7.38. The lowest BCUT2D eigenvalue weighted by atomic mass is 9.94. The van der Waals surface area contributed by atoms with E-state index in [0.717, 1.165) is 42.0 Å². The smallest absolute Gasteiger partial charge is 0.405 e. The molecule has 0 radical (unpaired) electrons. The molecular weight excluding hydrogens is 584 g/mol. The van der Waals surface area contributed by atoms with Crippen LogP contribution >= 0.6 is 0 Å². The van der Waals surface area contributed by atoms with Gasteiger partial charge in [-0.2, -0.15) is 13.2 Å². The molecule has 0 saturated heterocycles. The van der Waals surface area contributed by atoms with Crippen LogP contribution in [0.4, 0.5) is 17.6 Å². The molecule has 1 amide bonds. The molecule has 0 heterocycles. The third-order valence-corrected chi connectivity index (χ3v) is 7.79. The molecule has 5 nitrogen and oxygen atoms in total. The van der Waals surface area contributed by atoms with Crippen molar-refractivity contribution in [2.24, 2.45) is 5.92 Å². The van der Waals surface area contributed by atoms with Crippen LogP contribution in [-0.2, 0) is 6.42 Å². The summed E-state index contributed by atoms with van der Waals surface area (Å²) in [5.41, 5.74) is 3.05. The van der Waals surface area contributed by atoms with Crippen molar-refractivity contribution in [3.05, 3.63) is 87.5 Å². The van der Waals surface area contributed by atoms with Gasteiger partial charge in [0, 0.05) is 54.2 Å². The zero-order chi connectivity index (χ0) is 33.1. The standard InChI is InChI=1S/C36H42F4N2O3/c1-6-9-25(10-8-11-33(43)27-15-13-26(14-16-27)30-19-17-28(37)20-34(30)45-5)21-42(4)22-32-24(3)12-18-31(29(32)7-2)35(44)41-23-36(38,39)40/h12-20,22,25H,3,6-11,21,23H2,1-2,4-5H3,(H,41,44)/b32-22+. The molecule has 0 spiro atoms. The molecule has 0 saturated carbocycles. The first-order valence-corrected chi connectivity index (χ1v) is 15.2. The fraction of sp³-hybridized carbons (Fsp3) is 0.389. The number of carbonyl (C=O) groups excluding carboxylic acids is 2. The molecule has 9 heteroatoms. The minimum Gasteiger partial charge on any atom is -0.496 e. The average molecular weight is 627 g/mol. The van der Waals surface area contributed by atoms with Crippen LogP contribution in [0.3, 0.4) is 0 Å². The third-order valence-electron chi connectivity index (χ3n) is 7.79. The Hall–Kier alpha value is -4.14. The zero-order valence-electron chi connectivity index (χ0n) is 26.4. The SMILES string of the molecule is C=c1ccc(C(=O)NCC(F)(F)F)c(CC)/c1=C/N(C)CC(CCC)CCCC(=O)c1ccc(-c2ccc(F)cc2OC)cc1. The predicted molar refractivity (Wildman–Crippen MR) is 171 cm³/mol. The van der Waals surface area contributed by atoms with E-state index in [1.165, 1.54) is 25.3 Å². The molecule has 1 unspecified atom stereocenters. The third kappa shape index (κ3) is 10.2. The molecule has 0 bridgehead atoms. The molecule has 0 aliphatic carbocycles. The summed E-state index contributed by atoms with van der Waals surface area (Å²) in [5.74, 6) is -0.353. The number of hydrogen-bond acceptors (Lipinski definition) is 4. The molecular formula is C36H42F4N2O3. The number of carbonyl (C=O) groups is 2. The highest BCUT2D eigenvalue weighted by Gasteiger charge is 2.28. The lowest BCUT2D eigenvalue weighted by Gasteiger charge is -2.23. The van der Waals surface area contributed by atoms with Gasteiger partial charge in [-0.1, -0.05) is 57.2 Å². The van der Waals surface area contributed by atoms with Crippen LogP contribution in [0.5, 0.6) is 5.75 Å².